The number of hydrogen-bond acceptors (Lipinski definition) is 7. The summed E-state index contributed by atoms with van der Waals surface area (Å²) in [6.45, 7) is 4.19. The van der Waals surface area contributed by atoms with E-state index in [1.54, 1.807) is 31.0 Å². The SMILES string of the molecule is C=C(Cc1ccccc1)Nc1cncc(-c2ccc3[nH]nc(-c4nc5c(-c6ccncc6)cncc5[nH]4)c3n2)c1. The van der Waals surface area contributed by atoms with Crippen molar-refractivity contribution >= 4 is 27.8 Å². The molecule has 0 radical (unpaired) electrons. The van der Waals surface area contributed by atoms with Gasteiger partial charge in [-0.1, -0.05) is 36.9 Å². The topological polar surface area (TPSA) is 121 Å². The van der Waals surface area contributed by atoms with Crippen LogP contribution >= 0.6 is 0 Å². The Kier molecular flexibility index (Phi) is 5.78. The monoisotopic (exact) mass is 521 g/mol. The van der Waals surface area contributed by atoms with Crippen molar-refractivity contribution in [1.82, 2.24) is 40.1 Å². The summed E-state index contributed by atoms with van der Waals surface area (Å²) < 4.78 is 0. The number of aromatic amines is 2. The normalized spacial score (nSPS) is 11.2. The summed E-state index contributed by atoms with van der Waals surface area (Å²) in [4.78, 5) is 26.2. The van der Waals surface area contributed by atoms with E-state index in [9.17, 15) is 0 Å². The van der Waals surface area contributed by atoms with E-state index in [0.29, 0.717) is 17.0 Å². The third kappa shape index (κ3) is 4.45. The van der Waals surface area contributed by atoms with Gasteiger partial charge >= 0.3 is 0 Å². The number of rotatable bonds is 7. The van der Waals surface area contributed by atoms with E-state index in [1.807, 2.05) is 54.7 Å². The molecule has 6 aromatic heterocycles. The van der Waals surface area contributed by atoms with Crippen LogP contribution < -0.4 is 5.32 Å². The van der Waals surface area contributed by atoms with E-state index in [0.717, 1.165) is 56.7 Å². The van der Waals surface area contributed by atoms with Gasteiger partial charge in [-0.3, -0.25) is 20.1 Å². The third-order valence-corrected chi connectivity index (χ3v) is 6.63. The van der Waals surface area contributed by atoms with E-state index < -0.39 is 0 Å². The molecule has 0 saturated carbocycles. The number of fused-ring (bicyclic) bond motifs is 2. The van der Waals surface area contributed by atoms with Crippen molar-refractivity contribution in [3.8, 4) is 33.9 Å². The lowest BCUT2D eigenvalue weighted by Gasteiger charge is -2.11. The van der Waals surface area contributed by atoms with Gasteiger partial charge in [0, 0.05) is 48.0 Å². The highest BCUT2D eigenvalue weighted by Gasteiger charge is 2.17. The molecule has 0 aliphatic heterocycles. The Morgan fingerprint density at radius 2 is 1.62 bits per heavy atom. The van der Waals surface area contributed by atoms with Crippen molar-refractivity contribution in [2.24, 2.45) is 0 Å². The molecule has 9 nitrogen and oxygen atoms in total. The van der Waals surface area contributed by atoms with Crippen molar-refractivity contribution in [2.45, 2.75) is 6.42 Å². The van der Waals surface area contributed by atoms with Crippen molar-refractivity contribution in [3.05, 3.63) is 116 Å². The van der Waals surface area contributed by atoms with E-state index >= 15 is 0 Å². The Morgan fingerprint density at radius 1 is 0.775 bits per heavy atom. The van der Waals surface area contributed by atoms with Gasteiger partial charge in [0.15, 0.2) is 11.5 Å². The molecule has 1 aromatic carbocycles. The molecule has 0 atom stereocenters. The van der Waals surface area contributed by atoms with Crippen LogP contribution in [0.15, 0.2) is 110 Å². The molecule has 3 N–H and O–H groups in total. The van der Waals surface area contributed by atoms with E-state index in [-0.39, 0.29) is 0 Å². The number of benzene rings is 1. The zero-order valence-electron chi connectivity index (χ0n) is 21.3. The maximum Gasteiger partial charge on any atom is 0.161 e. The van der Waals surface area contributed by atoms with Crippen LogP contribution in [0.1, 0.15) is 5.56 Å². The van der Waals surface area contributed by atoms with E-state index in [1.165, 1.54) is 5.56 Å². The molecule has 0 aliphatic carbocycles. The molecule has 0 fully saturated rings. The first-order valence-electron chi connectivity index (χ1n) is 12.7. The van der Waals surface area contributed by atoms with Crippen molar-refractivity contribution in [3.63, 3.8) is 0 Å². The maximum atomic E-state index is 4.95. The average molecular weight is 522 g/mol. The Bertz CT molecular complexity index is 1980. The second-order valence-electron chi connectivity index (χ2n) is 9.42. The van der Waals surface area contributed by atoms with Gasteiger partial charge in [0.05, 0.1) is 40.3 Å². The number of imidazole rings is 1. The number of anilines is 1. The average Bonchev–Trinajstić information content (AvgIpc) is 3.62. The molecule has 0 aliphatic rings. The minimum Gasteiger partial charge on any atom is -0.358 e. The zero-order chi connectivity index (χ0) is 26.9. The third-order valence-electron chi connectivity index (χ3n) is 6.63. The summed E-state index contributed by atoms with van der Waals surface area (Å²) in [7, 11) is 0. The molecule has 6 heterocycles. The summed E-state index contributed by atoms with van der Waals surface area (Å²) in [6, 6.07) is 20.1. The van der Waals surface area contributed by atoms with Crippen LogP contribution in [-0.4, -0.2) is 40.1 Å². The summed E-state index contributed by atoms with van der Waals surface area (Å²) in [5.41, 5.74) is 10.3. The van der Waals surface area contributed by atoms with Crippen LogP contribution in [-0.2, 0) is 6.42 Å². The molecule has 0 unspecified atom stereocenters. The molecule has 40 heavy (non-hydrogen) atoms. The minimum atomic E-state index is 0.611. The fourth-order valence-corrected chi connectivity index (χ4v) is 4.75. The van der Waals surface area contributed by atoms with Crippen LogP contribution in [0, 0.1) is 0 Å². The summed E-state index contributed by atoms with van der Waals surface area (Å²) >= 11 is 0. The zero-order valence-corrected chi connectivity index (χ0v) is 21.3. The first-order valence-corrected chi connectivity index (χ1v) is 12.7. The Morgan fingerprint density at radius 3 is 2.50 bits per heavy atom. The first kappa shape index (κ1) is 23.4. The Balaban J connectivity index is 1.21. The highest BCUT2D eigenvalue weighted by Crippen LogP contribution is 2.31. The standard InChI is InChI=1S/C31H23N9/c1-19(13-20-5-3-2-4-6-20)35-23-14-22(15-33-16-23)25-7-8-26-29(36-25)30(40-39-26)31-37-27-18-34-17-24(28(27)38-31)21-9-11-32-12-10-21/h2-12,14-18,35H,1,13H2,(H,37,38)(H,39,40). The Hall–Kier alpha value is -5.70. The van der Waals surface area contributed by atoms with Crippen LogP contribution in [0.5, 0.6) is 0 Å². The molecule has 0 saturated heterocycles. The molecule has 9 heteroatoms. The molecule has 7 aromatic rings. The van der Waals surface area contributed by atoms with Crippen molar-refractivity contribution in [2.75, 3.05) is 5.32 Å². The number of hydrogen-bond donors (Lipinski definition) is 3. The number of H-pyrrole nitrogens is 2. The van der Waals surface area contributed by atoms with Crippen molar-refractivity contribution in [1.29, 1.82) is 0 Å². The maximum absolute atomic E-state index is 4.95. The van der Waals surface area contributed by atoms with Gasteiger partial charge in [-0.25, -0.2) is 9.97 Å². The van der Waals surface area contributed by atoms with Gasteiger partial charge < -0.3 is 10.3 Å². The predicted octanol–water partition coefficient (Wildman–Crippen LogP) is 6.19. The largest absolute Gasteiger partial charge is 0.358 e. The van der Waals surface area contributed by atoms with Crippen LogP contribution in [0.25, 0.3) is 56.0 Å². The van der Waals surface area contributed by atoms with Crippen LogP contribution in [0.4, 0.5) is 5.69 Å². The van der Waals surface area contributed by atoms with Crippen molar-refractivity contribution < 1.29 is 0 Å². The van der Waals surface area contributed by atoms with E-state index in [2.05, 4.69) is 54.2 Å². The number of aromatic nitrogens is 8. The van der Waals surface area contributed by atoms with Crippen LogP contribution in [0.2, 0.25) is 0 Å². The smallest absolute Gasteiger partial charge is 0.161 e. The lowest BCUT2D eigenvalue weighted by Crippen LogP contribution is -2.02. The fourth-order valence-electron chi connectivity index (χ4n) is 4.75. The fraction of sp³-hybridized carbons (Fsp3) is 0.0323. The predicted molar refractivity (Wildman–Crippen MR) is 156 cm³/mol. The molecular weight excluding hydrogens is 498 g/mol. The second-order valence-corrected chi connectivity index (χ2v) is 9.42. The highest BCUT2D eigenvalue weighted by atomic mass is 15.2. The molecule has 192 valence electrons. The van der Waals surface area contributed by atoms with Gasteiger partial charge in [0.25, 0.3) is 0 Å². The second kappa shape index (κ2) is 9.88. The Labute approximate surface area is 229 Å². The molecule has 0 spiro atoms. The van der Waals surface area contributed by atoms with Gasteiger partial charge in [-0.15, -0.1) is 0 Å². The number of nitrogens with zero attached hydrogens (tertiary/aromatic N) is 6. The highest BCUT2D eigenvalue weighted by molar-refractivity contribution is 5.95. The summed E-state index contributed by atoms with van der Waals surface area (Å²) in [5, 5.41) is 11.0. The van der Waals surface area contributed by atoms with Gasteiger partial charge in [-0.05, 0) is 41.5 Å². The van der Waals surface area contributed by atoms with E-state index in [4.69, 9.17) is 9.97 Å². The number of nitrogens with one attached hydrogen (secondary N) is 3. The lowest BCUT2D eigenvalue weighted by molar-refractivity contribution is 1.10. The molecular formula is C31H23N9. The van der Waals surface area contributed by atoms with Crippen LogP contribution in [0.3, 0.4) is 0 Å². The number of allylic oxidation sites excluding steroid dienone is 1. The quantitative estimate of drug-likeness (QED) is 0.229. The summed E-state index contributed by atoms with van der Waals surface area (Å²) in [5.74, 6) is 0.611. The molecule has 0 bridgehead atoms. The first-order chi connectivity index (χ1) is 19.7. The molecule has 7 rings (SSSR count). The lowest BCUT2D eigenvalue weighted by atomic mass is 10.1. The van der Waals surface area contributed by atoms with Gasteiger partial charge in [0.1, 0.15) is 5.52 Å². The van der Waals surface area contributed by atoms with Gasteiger partial charge in [-0.2, -0.15) is 5.10 Å². The minimum absolute atomic E-state index is 0.611. The van der Waals surface area contributed by atoms with Gasteiger partial charge in [0.2, 0.25) is 0 Å². The number of pyridine rings is 4. The molecule has 0 amide bonds. The summed E-state index contributed by atoms with van der Waals surface area (Å²) in [6.07, 6.45) is 11.4.